The maximum atomic E-state index is 12.4. The van der Waals surface area contributed by atoms with Gasteiger partial charge in [0.25, 0.3) is 5.91 Å². The summed E-state index contributed by atoms with van der Waals surface area (Å²) in [6.07, 6.45) is 6.63. The molecule has 1 amide bonds. The van der Waals surface area contributed by atoms with Crippen LogP contribution in [-0.2, 0) is 9.59 Å². The van der Waals surface area contributed by atoms with Gasteiger partial charge in [0.1, 0.15) is 5.54 Å². The third kappa shape index (κ3) is 1.94. The highest BCUT2D eigenvalue weighted by atomic mass is 79.9. The predicted molar refractivity (Wildman–Crippen MR) is 85.8 cm³/mol. The molecule has 3 nitrogen and oxygen atoms in total. The molecule has 106 valence electrons. The Morgan fingerprint density at radius 3 is 2.33 bits per heavy atom. The summed E-state index contributed by atoms with van der Waals surface area (Å²) < 4.78 is 0.544. The molecule has 21 heavy (non-hydrogen) atoms. The summed E-state index contributed by atoms with van der Waals surface area (Å²) in [4.78, 5) is 25.6. The van der Waals surface area contributed by atoms with E-state index in [-0.39, 0.29) is 11.7 Å². The number of carbonyl (C=O) groups is 2. The lowest BCUT2D eigenvalue weighted by molar-refractivity contribution is -0.125. The number of hydrogen-bond donors (Lipinski definition) is 0. The Balaban J connectivity index is 2.27. The molecule has 0 saturated heterocycles. The van der Waals surface area contributed by atoms with Crippen LogP contribution in [0.2, 0.25) is 0 Å². The fraction of sp³-hybridized carbons (Fsp3) is 0.176. The van der Waals surface area contributed by atoms with Gasteiger partial charge in [-0.1, -0.05) is 24.3 Å². The maximum Gasteiger partial charge on any atom is 0.262 e. The third-order valence-corrected chi connectivity index (χ3v) is 4.82. The number of likely N-dealkylation sites (N-methyl/N-ethyl adjacent to an activating group) is 1. The summed E-state index contributed by atoms with van der Waals surface area (Å²) in [7, 11) is 1.75. The first-order valence-electron chi connectivity index (χ1n) is 6.64. The van der Waals surface area contributed by atoms with Gasteiger partial charge in [-0.05, 0) is 58.3 Å². The molecule has 0 bridgehead atoms. The summed E-state index contributed by atoms with van der Waals surface area (Å²) in [5.41, 5.74) is 2.28. The van der Waals surface area contributed by atoms with Crippen molar-refractivity contribution in [2.75, 3.05) is 7.05 Å². The number of carbonyl (C=O) groups excluding carboxylic acids is 2. The number of benzene rings is 1. The van der Waals surface area contributed by atoms with Crippen molar-refractivity contribution in [3.63, 3.8) is 0 Å². The molecule has 1 aromatic carbocycles. The van der Waals surface area contributed by atoms with Crippen molar-refractivity contribution in [2.45, 2.75) is 12.5 Å². The minimum absolute atomic E-state index is 0.0615. The molecule has 1 aliphatic carbocycles. The van der Waals surface area contributed by atoms with Crippen LogP contribution < -0.4 is 0 Å². The van der Waals surface area contributed by atoms with E-state index in [4.69, 9.17) is 0 Å². The van der Waals surface area contributed by atoms with Crippen LogP contribution in [0.4, 0.5) is 0 Å². The monoisotopic (exact) mass is 343 g/mol. The van der Waals surface area contributed by atoms with Crippen LogP contribution in [-0.4, -0.2) is 29.2 Å². The molecule has 0 N–H and O–H groups in total. The van der Waals surface area contributed by atoms with E-state index < -0.39 is 5.54 Å². The molecule has 1 heterocycles. The maximum absolute atomic E-state index is 12.4. The number of amides is 1. The number of allylic oxidation sites excluding steroid dienone is 2. The van der Waals surface area contributed by atoms with E-state index in [1.807, 2.05) is 31.2 Å². The van der Waals surface area contributed by atoms with E-state index in [1.54, 1.807) is 24.1 Å². The smallest absolute Gasteiger partial charge is 0.262 e. The first-order chi connectivity index (χ1) is 9.97. The highest BCUT2D eigenvalue weighted by Crippen LogP contribution is 2.46. The Labute approximate surface area is 131 Å². The van der Waals surface area contributed by atoms with Gasteiger partial charge < -0.3 is 4.90 Å². The zero-order valence-corrected chi connectivity index (χ0v) is 13.3. The summed E-state index contributed by atoms with van der Waals surface area (Å²) >= 11 is 3.44. The van der Waals surface area contributed by atoms with Gasteiger partial charge in [0, 0.05) is 12.6 Å². The van der Waals surface area contributed by atoms with E-state index in [2.05, 4.69) is 15.9 Å². The molecule has 0 unspecified atom stereocenters. The van der Waals surface area contributed by atoms with Gasteiger partial charge in [-0.25, -0.2) is 0 Å². The van der Waals surface area contributed by atoms with Crippen LogP contribution in [0.3, 0.4) is 0 Å². The molecule has 0 aromatic heterocycles. The fourth-order valence-electron chi connectivity index (χ4n) is 2.87. The minimum Gasteiger partial charge on any atom is -0.324 e. The lowest BCUT2D eigenvalue weighted by Gasteiger charge is -2.35. The normalized spacial score (nSPS) is 20.0. The van der Waals surface area contributed by atoms with E-state index in [9.17, 15) is 9.59 Å². The topological polar surface area (TPSA) is 37.4 Å². The van der Waals surface area contributed by atoms with Gasteiger partial charge >= 0.3 is 0 Å². The SMILES string of the molecule is Cc1ccccc1C1=C(Br)C(=O)N(C)C12C=CC(=O)C=C2. The number of halogens is 1. The largest absolute Gasteiger partial charge is 0.324 e. The summed E-state index contributed by atoms with van der Waals surface area (Å²) in [5.74, 6) is -0.148. The Morgan fingerprint density at radius 1 is 1.10 bits per heavy atom. The highest BCUT2D eigenvalue weighted by Gasteiger charge is 2.47. The zero-order chi connectivity index (χ0) is 15.2. The molecule has 2 aliphatic rings. The zero-order valence-electron chi connectivity index (χ0n) is 11.8. The second-order valence-electron chi connectivity index (χ2n) is 5.26. The number of aryl methyl sites for hydroxylation is 1. The molecule has 3 rings (SSSR count). The van der Waals surface area contributed by atoms with Gasteiger partial charge in [-0.2, -0.15) is 0 Å². The molecule has 1 aromatic rings. The lowest BCUT2D eigenvalue weighted by Crippen LogP contribution is -2.43. The second-order valence-corrected chi connectivity index (χ2v) is 6.06. The second kappa shape index (κ2) is 4.81. The number of ketones is 1. The van der Waals surface area contributed by atoms with E-state index in [1.165, 1.54) is 12.2 Å². The minimum atomic E-state index is -0.698. The van der Waals surface area contributed by atoms with Gasteiger partial charge in [-0.3, -0.25) is 9.59 Å². The first-order valence-corrected chi connectivity index (χ1v) is 7.43. The van der Waals surface area contributed by atoms with Gasteiger partial charge in [0.05, 0.1) is 4.48 Å². The van der Waals surface area contributed by atoms with E-state index in [0.717, 1.165) is 16.7 Å². The van der Waals surface area contributed by atoms with Gasteiger partial charge in [0.2, 0.25) is 0 Å². The van der Waals surface area contributed by atoms with Crippen LogP contribution in [0, 0.1) is 6.92 Å². The van der Waals surface area contributed by atoms with Crippen LogP contribution in [0.25, 0.3) is 5.57 Å². The average Bonchev–Trinajstić information content (AvgIpc) is 2.66. The highest BCUT2D eigenvalue weighted by molar-refractivity contribution is 9.12. The molecule has 1 aliphatic heterocycles. The van der Waals surface area contributed by atoms with Crippen LogP contribution in [0.1, 0.15) is 11.1 Å². The number of hydrogen-bond acceptors (Lipinski definition) is 2. The Kier molecular flexibility index (Phi) is 3.21. The van der Waals surface area contributed by atoms with Crippen LogP contribution in [0.5, 0.6) is 0 Å². The lowest BCUT2D eigenvalue weighted by atomic mass is 9.81. The average molecular weight is 344 g/mol. The summed E-state index contributed by atoms with van der Waals surface area (Å²) in [6, 6.07) is 7.93. The Morgan fingerprint density at radius 2 is 1.71 bits per heavy atom. The Bertz CT molecular complexity index is 727. The molecule has 0 atom stereocenters. The van der Waals surface area contributed by atoms with E-state index >= 15 is 0 Å². The molecular formula is C17H14BrNO2. The van der Waals surface area contributed by atoms with Crippen molar-refractivity contribution in [3.05, 3.63) is 64.2 Å². The first kappa shape index (κ1) is 14.0. The van der Waals surface area contributed by atoms with E-state index in [0.29, 0.717) is 4.48 Å². The predicted octanol–water partition coefficient (Wildman–Crippen LogP) is 3.01. The van der Waals surface area contributed by atoms with Crippen molar-refractivity contribution in [2.24, 2.45) is 0 Å². The fourth-order valence-corrected chi connectivity index (χ4v) is 3.67. The van der Waals surface area contributed by atoms with Gasteiger partial charge in [-0.15, -0.1) is 0 Å². The van der Waals surface area contributed by atoms with Crippen molar-refractivity contribution in [1.82, 2.24) is 4.90 Å². The Hall–Kier alpha value is -1.94. The quantitative estimate of drug-likeness (QED) is 0.785. The molecule has 0 radical (unpaired) electrons. The molecule has 1 spiro atoms. The van der Waals surface area contributed by atoms with Crippen molar-refractivity contribution in [1.29, 1.82) is 0 Å². The molecule has 0 saturated carbocycles. The molecule has 0 fully saturated rings. The van der Waals surface area contributed by atoms with Crippen LogP contribution >= 0.6 is 15.9 Å². The molecule has 4 heteroatoms. The summed E-state index contributed by atoms with van der Waals surface area (Å²) in [5, 5.41) is 0. The standard InChI is InChI=1S/C17H14BrNO2/c1-11-5-3-4-6-13(11)14-15(18)16(21)19(2)17(14)9-7-12(20)8-10-17/h3-10H,1-2H3. The number of nitrogens with zero attached hydrogens (tertiary/aromatic N) is 1. The van der Waals surface area contributed by atoms with Crippen molar-refractivity contribution < 1.29 is 9.59 Å². The molecular weight excluding hydrogens is 330 g/mol. The third-order valence-electron chi connectivity index (χ3n) is 4.09. The van der Waals surface area contributed by atoms with Gasteiger partial charge in [0.15, 0.2) is 5.78 Å². The van der Waals surface area contributed by atoms with Crippen molar-refractivity contribution in [3.8, 4) is 0 Å². The summed E-state index contributed by atoms with van der Waals surface area (Å²) in [6.45, 7) is 2.01. The number of rotatable bonds is 1. The van der Waals surface area contributed by atoms with Crippen LogP contribution in [0.15, 0.2) is 53.1 Å². The van der Waals surface area contributed by atoms with Crippen molar-refractivity contribution >= 4 is 33.2 Å².